The molecule has 0 saturated heterocycles. The second-order valence-corrected chi connectivity index (χ2v) is 6.64. The van der Waals surface area contributed by atoms with Crippen molar-refractivity contribution in [3.05, 3.63) is 71.5 Å². The Hall–Kier alpha value is -2.20. The average molecular weight is 326 g/mol. The number of carbonyl (C=O) groups is 1. The van der Waals surface area contributed by atoms with Gasteiger partial charge in [-0.15, -0.1) is 0 Å². The summed E-state index contributed by atoms with van der Waals surface area (Å²) in [5.41, 5.74) is 2.23. The van der Waals surface area contributed by atoms with E-state index in [4.69, 9.17) is 0 Å². The summed E-state index contributed by atoms with van der Waals surface area (Å²) in [6.07, 6.45) is 0.843. The van der Waals surface area contributed by atoms with Crippen LogP contribution in [0.4, 0.5) is 4.39 Å². The van der Waals surface area contributed by atoms with Gasteiger partial charge < -0.3 is 10.2 Å². The summed E-state index contributed by atoms with van der Waals surface area (Å²) in [5.74, 6) is 0.0818. The number of carbonyl (C=O) groups excluding carboxylic acids is 1. The fraction of sp³-hybridized carbons (Fsp3) is 0.350. The maximum Gasteiger partial charge on any atom is 0.223 e. The molecule has 0 spiro atoms. The maximum absolute atomic E-state index is 13.0. The normalized spacial score (nSPS) is 20.7. The van der Waals surface area contributed by atoms with Crippen molar-refractivity contribution in [2.75, 3.05) is 20.6 Å². The molecular weight excluding hydrogens is 303 g/mol. The van der Waals surface area contributed by atoms with E-state index >= 15 is 0 Å². The summed E-state index contributed by atoms with van der Waals surface area (Å²) in [6.45, 7) is 0.586. The van der Waals surface area contributed by atoms with E-state index in [-0.39, 0.29) is 29.6 Å². The topological polar surface area (TPSA) is 32.3 Å². The number of nitrogens with one attached hydrogen (secondary N) is 1. The van der Waals surface area contributed by atoms with Crippen molar-refractivity contribution in [3.8, 4) is 0 Å². The second-order valence-electron chi connectivity index (χ2n) is 6.64. The third kappa shape index (κ3) is 3.82. The fourth-order valence-electron chi connectivity index (χ4n) is 3.17. The summed E-state index contributed by atoms with van der Waals surface area (Å²) < 4.78 is 13.0. The predicted molar refractivity (Wildman–Crippen MR) is 93.1 cm³/mol. The third-order valence-electron chi connectivity index (χ3n) is 4.70. The monoisotopic (exact) mass is 326 g/mol. The van der Waals surface area contributed by atoms with Gasteiger partial charge in [-0.1, -0.05) is 42.5 Å². The van der Waals surface area contributed by atoms with Crippen LogP contribution in [0.15, 0.2) is 54.6 Å². The minimum atomic E-state index is -0.239. The standard InChI is InChI=1S/C20H23FN2O/c1-23(2)19(15-6-4-3-5-7-15)13-22-20(24)18-12-17(18)14-8-10-16(21)11-9-14/h3-11,17-19H,12-13H2,1-2H3,(H,22,24). The molecule has 4 heteroatoms. The number of likely N-dealkylation sites (N-methyl/N-ethyl adjacent to an activating group) is 1. The fourth-order valence-corrected chi connectivity index (χ4v) is 3.17. The van der Waals surface area contributed by atoms with E-state index in [0.717, 1.165) is 12.0 Å². The van der Waals surface area contributed by atoms with E-state index in [9.17, 15) is 9.18 Å². The highest BCUT2D eigenvalue weighted by Crippen LogP contribution is 2.47. The molecule has 1 amide bonds. The molecule has 0 radical (unpaired) electrons. The summed E-state index contributed by atoms with van der Waals surface area (Å²) in [6, 6.07) is 16.8. The highest BCUT2D eigenvalue weighted by Gasteiger charge is 2.43. The van der Waals surface area contributed by atoms with Gasteiger partial charge in [-0.25, -0.2) is 4.39 Å². The smallest absolute Gasteiger partial charge is 0.223 e. The summed E-state index contributed by atoms with van der Waals surface area (Å²) in [5, 5.41) is 3.08. The molecule has 2 aromatic rings. The van der Waals surface area contributed by atoms with Crippen LogP contribution in [0.3, 0.4) is 0 Å². The molecule has 1 aliphatic carbocycles. The quantitative estimate of drug-likeness (QED) is 0.883. The first-order chi connectivity index (χ1) is 11.6. The lowest BCUT2D eigenvalue weighted by Crippen LogP contribution is -2.35. The minimum Gasteiger partial charge on any atom is -0.354 e. The van der Waals surface area contributed by atoms with E-state index in [0.29, 0.717) is 6.54 Å². The molecule has 0 aliphatic heterocycles. The summed E-state index contributed by atoms with van der Waals surface area (Å²) in [7, 11) is 4.03. The molecule has 0 heterocycles. The Kier molecular flexibility index (Phi) is 4.95. The molecule has 1 fully saturated rings. The Morgan fingerprint density at radius 3 is 2.46 bits per heavy atom. The average Bonchev–Trinajstić information content (AvgIpc) is 3.37. The number of nitrogens with zero attached hydrogens (tertiary/aromatic N) is 1. The Morgan fingerprint density at radius 2 is 1.83 bits per heavy atom. The summed E-state index contributed by atoms with van der Waals surface area (Å²) in [4.78, 5) is 14.5. The van der Waals surface area contributed by atoms with Gasteiger partial charge >= 0.3 is 0 Å². The number of hydrogen-bond donors (Lipinski definition) is 1. The van der Waals surface area contributed by atoms with Crippen LogP contribution in [-0.2, 0) is 4.79 Å². The minimum absolute atomic E-state index is 0.00838. The molecule has 24 heavy (non-hydrogen) atoms. The number of amides is 1. The lowest BCUT2D eigenvalue weighted by Gasteiger charge is -2.25. The highest BCUT2D eigenvalue weighted by molar-refractivity contribution is 5.82. The molecule has 1 aliphatic rings. The first kappa shape index (κ1) is 16.7. The van der Waals surface area contributed by atoms with Crippen molar-refractivity contribution in [2.24, 2.45) is 5.92 Å². The Morgan fingerprint density at radius 1 is 1.17 bits per heavy atom. The van der Waals surface area contributed by atoms with Crippen LogP contribution < -0.4 is 5.32 Å². The zero-order chi connectivity index (χ0) is 17.1. The SMILES string of the molecule is CN(C)C(CNC(=O)C1CC1c1ccc(F)cc1)c1ccccc1. The molecule has 3 nitrogen and oxygen atoms in total. The van der Waals surface area contributed by atoms with Crippen molar-refractivity contribution in [3.63, 3.8) is 0 Å². The molecule has 0 bridgehead atoms. The Bertz CT molecular complexity index is 685. The molecule has 126 valence electrons. The van der Waals surface area contributed by atoms with E-state index in [2.05, 4.69) is 22.3 Å². The van der Waals surface area contributed by atoms with Crippen LogP contribution in [0.25, 0.3) is 0 Å². The molecule has 1 saturated carbocycles. The molecule has 3 unspecified atom stereocenters. The predicted octanol–water partition coefficient (Wildman–Crippen LogP) is 3.35. The first-order valence-corrected chi connectivity index (χ1v) is 8.31. The van der Waals surface area contributed by atoms with Crippen molar-refractivity contribution in [1.29, 1.82) is 0 Å². The lowest BCUT2D eigenvalue weighted by atomic mass is 10.1. The van der Waals surface area contributed by atoms with Gasteiger partial charge in [0.25, 0.3) is 0 Å². The zero-order valence-electron chi connectivity index (χ0n) is 14.1. The summed E-state index contributed by atoms with van der Waals surface area (Å²) >= 11 is 0. The van der Waals surface area contributed by atoms with Crippen molar-refractivity contribution in [1.82, 2.24) is 10.2 Å². The number of halogens is 1. The van der Waals surface area contributed by atoms with Crippen molar-refractivity contribution < 1.29 is 9.18 Å². The molecule has 1 N–H and O–H groups in total. The van der Waals surface area contributed by atoms with Gasteiger partial charge in [-0.2, -0.15) is 0 Å². The van der Waals surface area contributed by atoms with Gasteiger partial charge in [0.15, 0.2) is 0 Å². The molecule has 3 atom stereocenters. The largest absolute Gasteiger partial charge is 0.354 e. The number of hydrogen-bond acceptors (Lipinski definition) is 2. The zero-order valence-corrected chi connectivity index (χ0v) is 14.1. The van der Waals surface area contributed by atoms with Crippen LogP contribution >= 0.6 is 0 Å². The van der Waals surface area contributed by atoms with E-state index in [1.807, 2.05) is 32.3 Å². The van der Waals surface area contributed by atoms with Crippen molar-refractivity contribution >= 4 is 5.91 Å². The van der Waals surface area contributed by atoms with E-state index in [1.54, 1.807) is 12.1 Å². The molecule has 0 aromatic heterocycles. The van der Waals surface area contributed by atoms with Gasteiger partial charge in [0.05, 0.1) is 6.04 Å². The van der Waals surface area contributed by atoms with Gasteiger partial charge in [-0.3, -0.25) is 4.79 Å². The van der Waals surface area contributed by atoms with Gasteiger partial charge in [0.2, 0.25) is 5.91 Å². The maximum atomic E-state index is 13.0. The Labute approximate surface area is 142 Å². The van der Waals surface area contributed by atoms with Gasteiger partial charge in [0, 0.05) is 12.5 Å². The molecule has 2 aromatic carbocycles. The van der Waals surface area contributed by atoms with Gasteiger partial charge in [-0.05, 0) is 49.7 Å². The van der Waals surface area contributed by atoms with Crippen molar-refractivity contribution in [2.45, 2.75) is 18.4 Å². The highest BCUT2D eigenvalue weighted by atomic mass is 19.1. The van der Waals surface area contributed by atoms with Crippen LogP contribution in [-0.4, -0.2) is 31.4 Å². The van der Waals surface area contributed by atoms with Crippen LogP contribution in [0.1, 0.15) is 29.5 Å². The lowest BCUT2D eigenvalue weighted by molar-refractivity contribution is -0.122. The molecular formula is C20H23FN2O. The van der Waals surface area contributed by atoms with E-state index in [1.165, 1.54) is 17.7 Å². The number of benzene rings is 2. The van der Waals surface area contributed by atoms with Crippen LogP contribution in [0.5, 0.6) is 0 Å². The van der Waals surface area contributed by atoms with Gasteiger partial charge in [0.1, 0.15) is 5.82 Å². The Balaban J connectivity index is 1.56. The second kappa shape index (κ2) is 7.14. The third-order valence-corrected chi connectivity index (χ3v) is 4.70. The molecule has 3 rings (SSSR count). The first-order valence-electron chi connectivity index (χ1n) is 8.31. The van der Waals surface area contributed by atoms with Crippen LogP contribution in [0, 0.1) is 11.7 Å². The van der Waals surface area contributed by atoms with E-state index < -0.39 is 0 Å². The number of rotatable bonds is 6. The van der Waals surface area contributed by atoms with Crippen LogP contribution in [0.2, 0.25) is 0 Å².